The van der Waals surface area contributed by atoms with Gasteiger partial charge in [-0.15, -0.1) is 0 Å². The van der Waals surface area contributed by atoms with E-state index in [-0.39, 0.29) is 12.1 Å². The predicted molar refractivity (Wildman–Crippen MR) is 94.4 cm³/mol. The Bertz CT molecular complexity index is 741. The average molecular weight is 358 g/mol. The van der Waals surface area contributed by atoms with E-state index in [2.05, 4.69) is 15.3 Å². The number of amides is 2. The van der Waals surface area contributed by atoms with Gasteiger partial charge < -0.3 is 24.4 Å². The lowest BCUT2D eigenvalue weighted by atomic mass is 10.2. The Labute approximate surface area is 152 Å². The number of benzene rings is 1. The van der Waals surface area contributed by atoms with Crippen molar-refractivity contribution in [2.45, 2.75) is 19.1 Å². The maximum Gasteiger partial charge on any atom is 0.317 e. The Morgan fingerprint density at radius 1 is 1.27 bits per heavy atom. The van der Waals surface area contributed by atoms with Crippen molar-refractivity contribution in [1.82, 2.24) is 20.2 Å². The number of methoxy groups -OCH3 is 2. The van der Waals surface area contributed by atoms with Crippen molar-refractivity contribution in [3.8, 4) is 17.4 Å². The minimum atomic E-state index is -0.120. The summed E-state index contributed by atoms with van der Waals surface area (Å²) < 4.78 is 16.2. The van der Waals surface area contributed by atoms with Crippen LogP contribution in [0.5, 0.6) is 17.4 Å². The third kappa shape index (κ3) is 4.33. The lowest BCUT2D eigenvalue weighted by Gasteiger charge is -2.18. The third-order valence-electron chi connectivity index (χ3n) is 4.15. The Morgan fingerprint density at radius 2 is 2.12 bits per heavy atom. The highest BCUT2D eigenvalue weighted by Crippen LogP contribution is 2.27. The van der Waals surface area contributed by atoms with E-state index in [4.69, 9.17) is 14.2 Å². The minimum absolute atomic E-state index is 0.0708. The molecular weight excluding hydrogens is 336 g/mol. The normalized spacial score (nSPS) is 16.2. The number of aromatic nitrogens is 2. The summed E-state index contributed by atoms with van der Waals surface area (Å²) in [6, 6.07) is 5.44. The number of nitrogens with one attached hydrogen (secondary N) is 1. The maximum absolute atomic E-state index is 12.4. The van der Waals surface area contributed by atoms with Crippen LogP contribution in [0.15, 0.2) is 36.8 Å². The second-order valence-electron chi connectivity index (χ2n) is 5.87. The Hall–Kier alpha value is -3.03. The van der Waals surface area contributed by atoms with E-state index in [0.29, 0.717) is 37.0 Å². The topological polar surface area (TPSA) is 85.8 Å². The largest absolute Gasteiger partial charge is 0.493 e. The first-order chi connectivity index (χ1) is 12.7. The molecule has 2 amide bonds. The summed E-state index contributed by atoms with van der Waals surface area (Å²) in [6.07, 6.45) is 5.44. The molecule has 0 saturated carbocycles. The van der Waals surface area contributed by atoms with Crippen molar-refractivity contribution in [3.05, 3.63) is 42.4 Å². The second-order valence-corrected chi connectivity index (χ2v) is 5.87. The molecule has 8 nitrogen and oxygen atoms in total. The van der Waals surface area contributed by atoms with Crippen LogP contribution in [0.3, 0.4) is 0 Å². The molecule has 0 radical (unpaired) electrons. The Balaban J connectivity index is 1.50. The zero-order chi connectivity index (χ0) is 18.4. The predicted octanol–water partition coefficient (Wildman–Crippen LogP) is 1.86. The molecule has 1 N–H and O–H groups in total. The van der Waals surface area contributed by atoms with Gasteiger partial charge in [0.1, 0.15) is 6.10 Å². The van der Waals surface area contributed by atoms with Gasteiger partial charge in [0.2, 0.25) is 5.88 Å². The van der Waals surface area contributed by atoms with Crippen LogP contribution in [0.1, 0.15) is 12.0 Å². The number of urea groups is 1. The summed E-state index contributed by atoms with van der Waals surface area (Å²) in [5.74, 6) is 1.77. The smallest absolute Gasteiger partial charge is 0.317 e. The summed E-state index contributed by atoms with van der Waals surface area (Å²) in [7, 11) is 3.17. The van der Waals surface area contributed by atoms with Crippen molar-refractivity contribution in [2.75, 3.05) is 27.3 Å². The summed E-state index contributed by atoms with van der Waals surface area (Å²) >= 11 is 0. The molecule has 1 aromatic carbocycles. The van der Waals surface area contributed by atoms with Crippen LogP contribution < -0.4 is 19.5 Å². The molecular formula is C18H22N4O4. The van der Waals surface area contributed by atoms with E-state index in [1.807, 2.05) is 18.2 Å². The van der Waals surface area contributed by atoms with E-state index in [1.54, 1.807) is 37.7 Å². The highest BCUT2D eigenvalue weighted by molar-refractivity contribution is 5.74. The minimum Gasteiger partial charge on any atom is -0.493 e. The molecule has 0 aliphatic carbocycles. The number of rotatable bonds is 6. The molecule has 2 heterocycles. The van der Waals surface area contributed by atoms with Gasteiger partial charge in [0.05, 0.1) is 27.0 Å². The molecule has 3 rings (SSSR count). The van der Waals surface area contributed by atoms with Crippen molar-refractivity contribution in [3.63, 3.8) is 0 Å². The molecule has 1 fully saturated rings. The highest BCUT2D eigenvalue weighted by atomic mass is 16.5. The maximum atomic E-state index is 12.4. The van der Waals surface area contributed by atoms with Crippen LogP contribution >= 0.6 is 0 Å². The third-order valence-corrected chi connectivity index (χ3v) is 4.15. The highest BCUT2D eigenvalue weighted by Gasteiger charge is 2.27. The van der Waals surface area contributed by atoms with Gasteiger partial charge in [-0.05, 0) is 17.7 Å². The SMILES string of the molecule is COc1ccc(CNC(=O)N2CC[C@H](Oc3cnccn3)C2)cc1OC. The molecule has 1 aromatic heterocycles. The van der Waals surface area contributed by atoms with Crippen molar-refractivity contribution in [2.24, 2.45) is 0 Å². The van der Waals surface area contributed by atoms with Crippen molar-refractivity contribution >= 4 is 6.03 Å². The van der Waals surface area contributed by atoms with Crippen LogP contribution in [0.25, 0.3) is 0 Å². The summed E-state index contributed by atoms with van der Waals surface area (Å²) in [5, 5.41) is 2.92. The Morgan fingerprint density at radius 3 is 2.85 bits per heavy atom. The monoisotopic (exact) mass is 358 g/mol. The number of ether oxygens (including phenoxy) is 3. The van der Waals surface area contributed by atoms with E-state index >= 15 is 0 Å². The number of nitrogens with zero attached hydrogens (tertiary/aromatic N) is 3. The fourth-order valence-corrected chi connectivity index (χ4v) is 2.81. The quantitative estimate of drug-likeness (QED) is 0.848. The van der Waals surface area contributed by atoms with Crippen molar-refractivity contribution in [1.29, 1.82) is 0 Å². The first-order valence-electron chi connectivity index (χ1n) is 8.36. The fraction of sp³-hybridized carbons (Fsp3) is 0.389. The molecule has 1 aliphatic rings. The average Bonchev–Trinajstić information content (AvgIpc) is 3.15. The first kappa shape index (κ1) is 17.8. The van der Waals surface area contributed by atoms with Crippen LogP contribution in [0.4, 0.5) is 4.79 Å². The molecule has 138 valence electrons. The van der Waals surface area contributed by atoms with Gasteiger partial charge in [0.15, 0.2) is 11.5 Å². The first-order valence-corrected chi connectivity index (χ1v) is 8.36. The van der Waals surface area contributed by atoms with Crippen LogP contribution in [-0.2, 0) is 6.54 Å². The van der Waals surface area contributed by atoms with Gasteiger partial charge in [-0.2, -0.15) is 0 Å². The van der Waals surface area contributed by atoms with Crippen molar-refractivity contribution < 1.29 is 19.0 Å². The summed E-state index contributed by atoms with van der Waals surface area (Å²) in [6.45, 7) is 1.57. The molecule has 0 spiro atoms. The number of hydrogen-bond acceptors (Lipinski definition) is 6. The molecule has 1 saturated heterocycles. The molecule has 1 aliphatic heterocycles. The van der Waals surface area contributed by atoms with Gasteiger partial charge in [-0.25, -0.2) is 9.78 Å². The fourth-order valence-electron chi connectivity index (χ4n) is 2.81. The lowest BCUT2D eigenvalue weighted by molar-refractivity contribution is 0.182. The number of hydrogen-bond donors (Lipinski definition) is 1. The Kier molecular flexibility index (Phi) is 5.73. The van der Waals surface area contributed by atoms with E-state index in [9.17, 15) is 4.79 Å². The zero-order valence-corrected chi connectivity index (χ0v) is 14.8. The van der Waals surface area contributed by atoms with Gasteiger partial charge in [0, 0.05) is 31.9 Å². The van der Waals surface area contributed by atoms with Crippen LogP contribution in [0, 0.1) is 0 Å². The molecule has 1 atom stereocenters. The zero-order valence-electron chi connectivity index (χ0n) is 14.8. The van der Waals surface area contributed by atoms with Crippen LogP contribution in [0.2, 0.25) is 0 Å². The number of carbonyl (C=O) groups excluding carboxylic acids is 1. The lowest BCUT2D eigenvalue weighted by Crippen LogP contribution is -2.39. The number of likely N-dealkylation sites (tertiary alicyclic amines) is 1. The van der Waals surface area contributed by atoms with Gasteiger partial charge in [-0.1, -0.05) is 6.07 Å². The van der Waals surface area contributed by atoms with Gasteiger partial charge in [-0.3, -0.25) is 4.98 Å². The molecule has 0 unspecified atom stereocenters. The summed E-state index contributed by atoms with van der Waals surface area (Å²) in [4.78, 5) is 22.2. The molecule has 26 heavy (non-hydrogen) atoms. The van der Waals surface area contributed by atoms with E-state index in [1.165, 1.54) is 0 Å². The van der Waals surface area contributed by atoms with Crippen LogP contribution in [-0.4, -0.2) is 54.3 Å². The van der Waals surface area contributed by atoms with E-state index < -0.39 is 0 Å². The number of carbonyl (C=O) groups is 1. The standard InChI is InChI=1S/C18H22N4O4/c1-24-15-4-3-13(9-16(15)25-2)10-21-18(23)22-8-5-14(12-22)26-17-11-19-6-7-20-17/h3-4,6-7,9,11,14H,5,8,10,12H2,1-2H3,(H,21,23)/t14-/m0/s1. The second kappa shape index (κ2) is 8.37. The molecule has 2 aromatic rings. The van der Waals surface area contributed by atoms with Gasteiger partial charge >= 0.3 is 6.03 Å². The van der Waals surface area contributed by atoms with Gasteiger partial charge in [0.25, 0.3) is 0 Å². The summed E-state index contributed by atoms with van der Waals surface area (Å²) in [5.41, 5.74) is 0.933. The molecule has 0 bridgehead atoms. The van der Waals surface area contributed by atoms with E-state index in [0.717, 1.165) is 12.0 Å². The molecule has 8 heteroatoms.